The van der Waals surface area contributed by atoms with Gasteiger partial charge in [-0.25, -0.2) is 15.0 Å². The number of anilines is 1. The monoisotopic (exact) mass is 459 g/mol. The molecular weight excluding hydrogens is 430 g/mol. The highest BCUT2D eigenvalue weighted by Crippen LogP contribution is 2.33. The first-order valence-corrected chi connectivity index (χ1v) is 12.0. The third kappa shape index (κ3) is 4.00. The van der Waals surface area contributed by atoms with E-state index in [0.717, 1.165) is 51.3 Å². The zero-order valence-corrected chi connectivity index (χ0v) is 19.0. The molecule has 3 aliphatic rings. The molecule has 0 saturated carbocycles. The van der Waals surface area contributed by atoms with Crippen molar-refractivity contribution in [1.82, 2.24) is 25.2 Å². The van der Waals surface area contributed by atoms with Crippen LogP contribution in [0, 0.1) is 0 Å². The number of benzene rings is 1. The first-order valence-electron chi connectivity index (χ1n) is 12.0. The third-order valence-electron chi connectivity index (χ3n) is 7.21. The Hall–Kier alpha value is -3.14. The summed E-state index contributed by atoms with van der Waals surface area (Å²) in [5, 5.41) is 6.89. The summed E-state index contributed by atoms with van der Waals surface area (Å²) in [6.45, 7) is 4.48. The summed E-state index contributed by atoms with van der Waals surface area (Å²) in [6.07, 6.45) is 4.85. The molecule has 4 N–H and O–H groups in total. The van der Waals surface area contributed by atoms with Gasteiger partial charge in [0.25, 0.3) is 5.91 Å². The zero-order valence-electron chi connectivity index (χ0n) is 19.0. The molecule has 6 rings (SSSR count). The number of rotatable bonds is 6. The average Bonchev–Trinajstić information content (AvgIpc) is 2.88. The minimum Gasteiger partial charge on any atom is -0.378 e. The smallest absolute Gasteiger partial charge is 0.251 e. The number of pyridine rings is 1. The fraction of sp³-hybridized carbons (Fsp3) is 0.440. The second kappa shape index (κ2) is 8.90. The number of carbonyl (C=O) groups excluding carboxylic acids is 1. The Morgan fingerprint density at radius 3 is 2.71 bits per heavy atom. The molecule has 9 heteroatoms. The van der Waals surface area contributed by atoms with E-state index in [1.165, 1.54) is 18.3 Å². The minimum absolute atomic E-state index is 0.250. The van der Waals surface area contributed by atoms with Crippen molar-refractivity contribution in [2.75, 3.05) is 31.6 Å². The summed E-state index contributed by atoms with van der Waals surface area (Å²) >= 11 is 0. The summed E-state index contributed by atoms with van der Waals surface area (Å²) in [5.74, 6) is 0.104. The second-order valence-corrected chi connectivity index (χ2v) is 9.48. The number of hydrogen-bond acceptors (Lipinski definition) is 8. The maximum Gasteiger partial charge on any atom is 0.251 e. The molecule has 5 heterocycles. The lowest BCUT2D eigenvalue weighted by Crippen LogP contribution is -2.62. The van der Waals surface area contributed by atoms with E-state index in [9.17, 15) is 4.79 Å². The summed E-state index contributed by atoms with van der Waals surface area (Å²) < 4.78 is 5.59. The molecule has 1 aromatic carbocycles. The number of nitrogens with zero attached hydrogens (tertiary/aromatic N) is 4. The largest absolute Gasteiger partial charge is 0.378 e. The van der Waals surface area contributed by atoms with E-state index in [1.807, 2.05) is 0 Å². The number of primary amides is 1. The summed E-state index contributed by atoms with van der Waals surface area (Å²) in [5.41, 5.74) is 9.99. The number of morpholine rings is 1. The van der Waals surface area contributed by atoms with Gasteiger partial charge in [0.05, 0.1) is 24.5 Å². The zero-order chi connectivity index (χ0) is 23.1. The molecule has 0 aliphatic carbocycles. The first kappa shape index (κ1) is 21.4. The SMILES string of the molecule is NC(=O)c1cc(-c2ccc(CN3C4COCC3C4)cc2)nc2c(N[C@H]3CCCNC3)ncnc12. The van der Waals surface area contributed by atoms with Gasteiger partial charge < -0.3 is 21.1 Å². The van der Waals surface area contributed by atoms with Gasteiger partial charge in [-0.05, 0) is 37.4 Å². The van der Waals surface area contributed by atoms with Crippen molar-refractivity contribution in [3.63, 3.8) is 0 Å². The summed E-state index contributed by atoms with van der Waals surface area (Å²) in [4.78, 5) is 28.5. The molecule has 2 bridgehead atoms. The topological polar surface area (TPSA) is 118 Å². The maximum atomic E-state index is 12.3. The van der Waals surface area contributed by atoms with E-state index in [0.29, 0.717) is 40.2 Å². The van der Waals surface area contributed by atoms with E-state index in [4.69, 9.17) is 15.5 Å². The number of nitrogens with two attached hydrogens (primary N) is 1. The van der Waals surface area contributed by atoms with E-state index >= 15 is 0 Å². The van der Waals surface area contributed by atoms with Crippen LogP contribution in [-0.4, -0.2) is 70.2 Å². The average molecular weight is 460 g/mol. The van der Waals surface area contributed by atoms with E-state index in [2.05, 4.69) is 49.8 Å². The fourth-order valence-corrected chi connectivity index (χ4v) is 5.31. The van der Waals surface area contributed by atoms with Crippen LogP contribution >= 0.6 is 0 Å². The van der Waals surface area contributed by atoms with Gasteiger partial charge in [-0.3, -0.25) is 9.69 Å². The minimum atomic E-state index is -0.527. The van der Waals surface area contributed by atoms with Crippen molar-refractivity contribution in [1.29, 1.82) is 0 Å². The highest BCUT2D eigenvalue weighted by Gasteiger charge is 2.41. The molecule has 3 aliphatic heterocycles. The summed E-state index contributed by atoms with van der Waals surface area (Å²) in [7, 11) is 0. The van der Waals surface area contributed by atoms with Crippen molar-refractivity contribution in [3.8, 4) is 11.3 Å². The number of fused-ring (bicyclic) bond motifs is 3. The summed E-state index contributed by atoms with van der Waals surface area (Å²) in [6, 6.07) is 11.5. The first-order chi connectivity index (χ1) is 16.7. The Labute approximate surface area is 198 Å². The number of amides is 1. The standard InChI is InChI=1S/C25H29N7O2/c26-24(33)20-9-21(16-5-3-15(4-6-16)11-32-18-8-19(32)13-34-12-18)31-23-22(20)28-14-29-25(23)30-17-2-1-7-27-10-17/h3-6,9,14,17-19,27H,1-2,7-8,10-13H2,(H2,26,33)(H,28,29,30)/t17-,18?,19?/m0/s1. The van der Waals surface area contributed by atoms with Gasteiger partial charge >= 0.3 is 0 Å². The molecule has 34 heavy (non-hydrogen) atoms. The Bertz CT molecular complexity index is 1200. The van der Waals surface area contributed by atoms with Crippen molar-refractivity contribution in [2.24, 2.45) is 5.73 Å². The van der Waals surface area contributed by atoms with Crippen LogP contribution in [0.1, 0.15) is 35.2 Å². The van der Waals surface area contributed by atoms with E-state index in [-0.39, 0.29) is 6.04 Å². The van der Waals surface area contributed by atoms with Gasteiger partial charge in [0.2, 0.25) is 0 Å². The third-order valence-corrected chi connectivity index (χ3v) is 7.21. The van der Waals surface area contributed by atoms with Crippen LogP contribution in [0.2, 0.25) is 0 Å². The van der Waals surface area contributed by atoms with Crippen molar-refractivity contribution < 1.29 is 9.53 Å². The molecule has 0 radical (unpaired) electrons. The Morgan fingerprint density at radius 2 is 2.00 bits per heavy atom. The molecule has 2 aromatic heterocycles. The highest BCUT2D eigenvalue weighted by atomic mass is 16.5. The number of hydrogen-bond donors (Lipinski definition) is 3. The predicted octanol–water partition coefficient (Wildman–Crippen LogP) is 1.93. The Kier molecular flexibility index (Phi) is 5.60. The van der Waals surface area contributed by atoms with Gasteiger partial charge in [-0.1, -0.05) is 24.3 Å². The van der Waals surface area contributed by atoms with Gasteiger partial charge in [0, 0.05) is 36.8 Å². The second-order valence-electron chi connectivity index (χ2n) is 9.48. The molecule has 176 valence electrons. The lowest BCUT2D eigenvalue weighted by atomic mass is 9.90. The number of carbonyl (C=O) groups is 1. The molecule has 1 amide bonds. The number of ether oxygens (including phenoxy) is 1. The molecule has 2 unspecified atom stereocenters. The molecular formula is C25H29N7O2. The van der Waals surface area contributed by atoms with Gasteiger partial charge in [-0.15, -0.1) is 0 Å². The van der Waals surface area contributed by atoms with Crippen LogP contribution in [-0.2, 0) is 11.3 Å². The van der Waals surface area contributed by atoms with Crippen LogP contribution in [0.5, 0.6) is 0 Å². The van der Waals surface area contributed by atoms with Crippen LogP contribution in [0.25, 0.3) is 22.3 Å². The Morgan fingerprint density at radius 1 is 1.18 bits per heavy atom. The van der Waals surface area contributed by atoms with Crippen LogP contribution in [0.3, 0.4) is 0 Å². The molecule has 3 fully saturated rings. The van der Waals surface area contributed by atoms with Gasteiger partial charge in [0.1, 0.15) is 17.4 Å². The fourth-order valence-electron chi connectivity index (χ4n) is 5.31. The molecule has 3 saturated heterocycles. The van der Waals surface area contributed by atoms with Gasteiger partial charge in [-0.2, -0.15) is 0 Å². The highest BCUT2D eigenvalue weighted by molar-refractivity contribution is 6.06. The predicted molar refractivity (Wildman–Crippen MR) is 129 cm³/mol. The lowest BCUT2D eigenvalue weighted by molar-refractivity contribution is -0.131. The van der Waals surface area contributed by atoms with Crippen LogP contribution in [0.4, 0.5) is 5.82 Å². The Balaban J connectivity index is 1.31. The van der Waals surface area contributed by atoms with Gasteiger partial charge in [0.15, 0.2) is 5.82 Å². The molecule has 0 spiro atoms. The molecule has 9 nitrogen and oxygen atoms in total. The quantitative estimate of drug-likeness (QED) is 0.512. The number of nitrogens with one attached hydrogen (secondary N) is 2. The van der Waals surface area contributed by atoms with E-state index < -0.39 is 5.91 Å². The van der Waals surface area contributed by atoms with Crippen LogP contribution in [0.15, 0.2) is 36.7 Å². The maximum absolute atomic E-state index is 12.3. The normalized spacial score (nSPS) is 24.5. The molecule has 3 aromatic rings. The number of piperidine rings is 1. The van der Waals surface area contributed by atoms with Crippen molar-refractivity contribution >= 4 is 22.8 Å². The number of aromatic nitrogens is 3. The van der Waals surface area contributed by atoms with Crippen molar-refractivity contribution in [2.45, 2.75) is 43.9 Å². The van der Waals surface area contributed by atoms with Crippen LogP contribution < -0.4 is 16.4 Å². The van der Waals surface area contributed by atoms with E-state index in [1.54, 1.807) is 6.07 Å². The van der Waals surface area contributed by atoms with Crippen molar-refractivity contribution in [3.05, 3.63) is 47.8 Å². The lowest BCUT2D eigenvalue weighted by Gasteiger charge is -2.52. The molecule has 3 atom stereocenters.